The summed E-state index contributed by atoms with van der Waals surface area (Å²) in [5.74, 6) is -0.869. The van der Waals surface area contributed by atoms with Crippen LogP contribution in [0.2, 0.25) is 23.2 Å². The Kier molecular flexibility index (Phi) is 6.12. The molecule has 0 saturated heterocycles. The number of hydrogen-bond acceptors (Lipinski definition) is 3. The molecule has 0 N–H and O–H groups in total. The molecule has 4 saturated carbocycles. The molecule has 1 spiro atoms. The van der Waals surface area contributed by atoms with Gasteiger partial charge in [0.05, 0.1) is 17.1 Å². The summed E-state index contributed by atoms with van der Waals surface area (Å²) < 4.78 is 54.2. The molecule has 6 rings (SSSR count). The SMILES string of the molecule is [2H]C1([2H])C[C@@]23CCC(=C)[C@@]4(C)[C@H](O[Si](c5ccccc5)(c5ccccc5)C(C)(C)C)CC([2H])([2H])[C@@](O[Si](C)(C)C(C)(C)C)(C2C)C34C1=O. The number of Topliss-reactive ketones (excluding diaryl/α,β-unsaturated/α-hetero) is 1. The topological polar surface area (TPSA) is 35.5 Å². The fraction of sp³-hybridized carbons (Fsp3) is 0.615. The third-order valence-electron chi connectivity index (χ3n) is 13.2. The van der Waals surface area contributed by atoms with Crippen molar-refractivity contribution in [2.75, 3.05) is 0 Å². The Morgan fingerprint density at radius 2 is 1.45 bits per heavy atom. The molecule has 6 atom stereocenters. The molecule has 5 heteroatoms. The summed E-state index contributed by atoms with van der Waals surface area (Å²) in [6.07, 6.45) is -3.51. The first-order chi connectivity index (χ1) is 21.9. The zero-order chi connectivity index (χ0) is 35.8. The second kappa shape index (κ2) is 9.86. The Morgan fingerprint density at radius 1 is 0.909 bits per heavy atom. The van der Waals surface area contributed by atoms with Crippen molar-refractivity contribution in [3.8, 4) is 0 Å². The van der Waals surface area contributed by atoms with Crippen LogP contribution in [0.1, 0.15) is 99.3 Å². The average Bonchev–Trinajstić information content (AvgIpc) is 3.16. The number of ketones is 1. The molecular formula is C39H56O3Si2. The van der Waals surface area contributed by atoms with Crippen LogP contribution >= 0.6 is 0 Å². The number of benzene rings is 2. The summed E-state index contributed by atoms with van der Waals surface area (Å²) in [4.78, 5) is 15.3. The van der Waals surface area contributed by atoms with E-state index in [4.69, 9.17) is 15.4 Å². The summed E-state index contributed by atoms with van der Waals surface area (Å²) in [6, 6.07) is 20.7. The van der Waals surface area contributed by atoms with Crippen LogP contribution < -0.4 is 10.4 Å². The van der Waals surface area contributed by atoms with Crippen LogP contribution in [-0.2, 0) is 13.6 Å². The number of rotatable bonds is 6. The van der Waals surface area contributed by atoms with Crippen molar-refractivity contribution in [2.45, 2.75) is 129 Å². The smallest absolute Gasteiger partial charge is 0.261 e. The lowest BCUT2D eigenvalue weighted by Gasteiger charge is -2.83. The highest BCUT2D eigenvalue weighted by atomic mass is 28.4. The van der Waals surface area contributed by atoms with Crippen molar-refractivity contribution in [3.63, 3.8) is 0 Å². The van der Waals surface area contributed by atoms with E-state index in [0.29, 0.717) is 12.8 Å². The minimum absolute atomic E-state index is 0.0279. The molecule has 4 aliphatic rings. The quantitative estimate of drug-likeness (QED) is 0.236. The van der Waals surface area contributed by atoms with Gasteiger partial charge in [-0.05, 0) is 76.9 Å². The summed E-state index contributed by atoms with van der Waals surface area (Å²) in [6.45, 7) is 26.2. The Balaban J connectivity index is 1.68. The van der Waals surface area contributed by atoms with Crippen LogP contribution in [0.4, 0.5) is 0 Å². The maximum atomic E-state index is 15.3. The van der Waals surface area contributed by atoms with Gasteiger partial charge in [0.25, 0.3) is 8.32 Å². The van der Waals surface area contributed by atoms with Crippen molar-refractivity contribution in [2.24, 2.45) is 22.2 Å². The fourth-order valence-corrected chi connectivity index (χ4v) is 16.2. The molecule has 2 aromatic carbocycles. The highest BCUT2D eigenvalue weighted by Crippen LogP contribution is 2.87. The lowest BCUT2D eigenvalue weighted by Crippen LogP contribution is -2.88. The molecule has 4 fully saturated rings. The van der Waals surface area contributed by atoms with Crippen LogP contribution in [0, 0.1) is 22.2 Å². The van der Waals surface area contributed by atoms with Crippen LogP contribution in [-0.4, -0.2) is 34.1 Å². The number of carbonyl (C=O) groups is 1. The highest BCUT2D eigenvalue weighted by molar-refractivity contribution is 6.99. The van der Waals surface area contributed by atoms with Crippen molar-refractivity contribution >= 4 is 32.8 Å². The normalized spacial score (nSPS) is 39.2. The maximum Gasteiger partial charge on any atom is 0.261 e. The van der Waals surface area contributed by atoms with Gasteiger partial charge in [0.15, 0.2) is 8.32 Å². The third kappa shape index (κ3) is 3.64. The zero-order valence-electron chi connectivity index (χ0n) is 32.7. The molecule has 0 amide bonds. The lowest BCUT2D eigenvalue weighted by molar-refractivity contribution is -0.353. The first-order valence-electron chi connectivity index (χ1n) is 18.6. The number of carbonyl (C=O) groups excluding carboxylic acids is 1. The highest BCUT2D eigenvalue weighted by Gasteiger charge is 2.91. The Bertz CT molecular complexity index is 1590. The molecule has 0 heterocycles. The predicted octanol–water partition coefficient (Wildman–Crippen LogP) is 8.83. The molecule has 0 bridgehead atoms. The van der Waals surface area contributed by atoms with E-state index in [9.17, 15) is 5.48 Å². The number of hydrogen-bond donors (Lipinski definition) is 0. The molecule has 0 aliphatic heterocycles. The van der Waals surface area contributed by atoms with Gasteiger partial charge in [-0.2, -0.15) is 0 Å². The van der Waals surface area contributed by atoms with Gasteiger partial charge in [-0.1, -0.05) is 128 Å². The molecule has 238 valence electrons. The van der Waals surface area contributed by atoms with E-state index in [2.05, 4.69) is 92.7 Å². The molecule has 44 heavy (non-hydrogen) atoms. The van der Waals surface area contributed by atoms with Gasteiger partial charge >= 0.3 is 0 Å². The van der Waals surface area contributed by atoms with Gasteiger partial charge in [0, 0.05) is 17.3 Å². The third-order valence-corrected chi connectivity index (χ3v) is 22.7. The van der Waals surface area contributed by atoms with E-state index in [1.807, 2.05) is 36.4 Å². The van der Waals surface area contributed by atoms with Crippen molar-refractivity contribution in [1.82, 2.24) is 0 Å². The molecule has 2 aromatic rings. The first-order valence-corrected chi connectivity index (χ1v) is 21.4. The van der Waals surface area contributed by atoms with Crippen LogP contribution in [0.5, 0.6) is 0 Å². The minimum Gasteiger partial charge on any atom is -0.410 e. The van der Waals surface area contributed by atoms with Gasteiger partial charge in [-0.3, -0.25) is 4.79 Å². The second-order valence-electron chi connectivity index (χ2n) is 16.9. The average molecular weight is 633 g/mol. The Morgan fingerprint density at radius 3 is 1.95 bits per heavy atom. The first kappa shape index (κ1) is 27.3. The van der Waals surface area contributed by atoms with Crippen LogP contribution in [0.25, 0.3) is 0 Å². The molecule has 0 radical (unpaired) electrons. The Labute approximate surface area is 275 Å². The summed E-state index contributed by atoms with van der Waals surface area (Å²) in [5, 5.41) is 1.54. The van der Waals surface area contributed by atoms with Gasteiger partial charge in [-0.25, -0.2) is 0 Å². The van der Waals surface area contributed by atoms with Gasteiger partial charge in [0.1, 0.15) is 5.78 Å². The second-order valence-corrected chi connectivity index (χ2v) is 25.8. The minimum atomic E-state index is -3.23. The summed E-state index contributed by atoms with van der Waals surface area (Å²) in [5.41, 5.74) is -3.98. The predicted molar refractivity (Wildman–Crippen MR) is 187 cm³/mol. The molecule has 3 nitrogen and oxygen atoms in total. The maximum absolute atomic E-state index is 15.3. The van der Waals surface area contributed by atoms with E-state index >= 15 is 4.79 Å². The molecular weight excluding hydrogens is 573 g/mol. The van der Waals surface area contributed by atoms with E-state index in [1.165, 1.54) is 0 Å². The van der Waals surface area contributed by atoms with Crippen LogP contribution in [0.15, 0.2) is 72.8 Å². The van der Waals surface area contributed by atoms with Crippen LogP contribution in [0.3, 0.4) is 0 Å². The summed E-state index contributed by atoms with van der Waals surface area (Å²) >= 11 is 0. The summed E-state index contributed by atoms with van der Waals surface area (Å²) in [7, 11) is -5.94. The van der Waals surface area contributed by atoms with Gasteiger partial charge in [-0.15, -0.1) is 0 Å². The Hall–Kier alpha value is -1.80. The van der Waals surface area contributed by atoms with E-state index in [1.54, 1.807) is 0 Å². The van der Waals surface area contributed by atoms with E-state index in [-0.39, 0.29) is 28.8 Å². The van der Waals surface area contributed by atoms with E-state index < -0.39 is 63.1 Å². The molecule has 4 aliphatic carbocycles. The van der Waals surface area contributed by atoms with Crippen molar-refractivity contribution in [1.29, 1.82) is 0 Å². The monoisotopic (exact) mass is 632 g/mol. The fourth-order valence-electron chi connectivity index (χ4n) is 9.94. The standard InChI is InChI=1S/C39H56O3Si2/c1-28-22-25-37-26-23-32(40)39(37)36(28,9)33(24-27-38(39,29(37)2)42-43(10,11)34(3,4)5)41-44(35(6,7)8,30-18-14-12-15-19-30)31-20-16-13-17-21-31/h12-21,29,33H,1,22-27H2,2-11H3/t29?,33-,36+,37+,38-,39?/m1/s1/i23D2,27D2. The lowest BCUT2D eigenvalue weighted by atomic mass is 9.24. The van der Waals surface area contributed by atoms with E-state index in [0.717, 1.165) is 15.9 Å². The van der Waals surface area contributed by atoms with Gasteiger partial charge in [0.2, 0.25) is 0 Å². The molecule has 0 aromatic heterocycles. The molecule has 2 unspecified atom stereocenters. The van der Waals surface area contributed by atoms with Gasteiger partial charge < -0.3 is 8.85 Å². The largest absolute Gasteiger partial charge is 0.410 e. The van der Waals surface area contributed by atoms with Crippen molar-refractivity contribution < 1.29 is 19.1 Å². The zero-order valence-corrected chi connectivity index (χ0v) is 30.7. The van der Waals surface area contributed by atoms with Crippen molar-refractivity contribution in [3.05, 3.63) is 72.8 Å².